The number of piperidine rings is 1. The van der Waals surface area contributed by atoms with Crippen molar-refractivity contribution < 1.29 is 9.90 Å². The minimum atomic E-state index is -1.36. The zero-order valence-corrected chi connectivity index (χ0v) is 16.9. The molecule has 1 aromatic heterocycles. The van der Waals surface area contributed by atoms with E-state index in [9.17, 15) is 9.90 Å². The van der Waals surface area contributed by atoms with Gasteiger partial charge >= 0.3 is 0 Å². The minimum absolute atomic E-state index is 0.0410. The molecule has 1 aliphatic heterocycles. The van der Waals surface area contributed by atoms with Gasteiger partial charge in [0.05, 0.1) is 0 Å². The molecule has 148 valence electrons. The van der Waals surface area contributed by atoms with Crippen LogP contribution in [0.5, 0.6) is 0 Å². The van der Waals surface area contributed by atoms with Gasteiger partial charge in [0, 0.05) is 36.5 Å². The Morgan fingerprint density at radius 1 is 1.11 bits per heavy atom. The lowest BCUT2D eigenvalue weighted by molar-refractivity contribution is -0.147. The number of benzene rings is 1. The zero-order chi connectivity index (χ0) is 19.1. The molecule has 0 radical (unpaired) electrons. The summed E-state index contributed by atoms with van der Waals surface area (Å²) in [6.45, 7) is 3.05. The van der Waals surface area contributed by atoms with E-state index in [4.69, 9.17) is 0 Å². The zero-order valence-electron chi connectivity index (χ0n) is 16.1. The van der Waals surface area contributed by atoms with Gasteiger partial charge in [-0.05, 0) is 41.7 Å². The number of hydrogen-bond donors (Lipinski definition) is 2. The number of rotatable bonds is 6. The van der Waals surface area contributed by atoms with E-state index >= 15 is 0 Å². The SMILES string of the molecule is O=C(NC1C2CN(Cc3ccccc3)CC21)C(O)(c1cccs1)C1CCCC1. The third-order valence-corrected chi connectivity index (χ3v) is 8.00. The molecule has 2 aliphatic carbocycles. The topological polar surface area (TPSA) is 52.6 Å². The normalized spacial score (nSPS) is 29.4. The minimum Gasteiger partial charge on any atom is -0.374 e. The van der Waals surface area contributed by atoms with Gasteiger partial charge in [-0.2, -0.15) is 0 Å². The van der Waals surface area contributed by atoms with Gasteiger partial charge in [-0.15, -0.1) is 11.3 Å². The Morgan fingerprint density at radius 2 is 1.82 bits per heavy atom. The Bertz CT molecular complexity index is 806. The van der Waals surface area contributed by atoms with Crippen LogP contribution in [0.15, 0.2) is 47.8 Å². The van der Waals surface area contributed by atoms with Gasteiger partial charge in [-0.25, -0.2) is 0 Å². The van der Waals surface area contributed by atoms with Crippen LogP contribution in [0.1, 0.15) is 36.1 Å². The van der Waals surface area contributed by atoms with Gasteiger partial charge in [0.2, 0.25) is 0 Å². The number of amides is 1. The van der Waals surface area contributed by atoms with Gasteiger partial charge in [0.15, 0.2) is 5.60 Å². The highest BCUT2D eigenvalue weighted by molar-refractivity contribution is 7.10. The van der Waals surface area contributed by atoms with Crippen LogP contribution < -0.4 is 5.32 Å². The third-order valence-electron chi connectivity index (χ3n) is 7.01. The maximum atomic E-state index is 13.2. The van der Waals surface area contributed by atoms with Crippen LogP contribution in [0.3, 0.4) is 0 Å². The molecule has 2 aromatic rings. The van der Waals surface area contributed by atoms with Crippen molar-refractivity contribution in [1.82, 2.24) is 10.2 Å². The van der Waals surface area contributed by atoms with Gasteiger partial charge in [0.25, 0.3) is 5.91 Å². The molecular formula is C23H28N2O2S. The van der Waals surface area contributed by atoms with E-state index in [0.717, 1.165) is 50.2 Å². The summed E-state index contributed by atoms with van der Waals surface area (Å²) >= 11 is 1.50. The monoisotopic (exact) mass is 396 g/mol. The Kier molecular flexibility index (Phi) is 4.77. The highest BCUT2D eigenvalue weighted by atomic mass is 32.1. The number of thiophene rings is 1. The molecule has 0 bridgehead atoms. The highest BCUT2D eigenvalue weighted by Crippen LogP contribution is 2.48. The van der Waals surface area contributed by atoms with Crippen LogP contribution >= 0.6 is 11.3 Å². The first-order valence-corrected chi connectivity index (χ1v) is 11.4. The lowest BCUT2D eigenvalue weighted by atomic mass is 9.83. The smallest absolute Gasteiger partial charge is 0.257 e. The van der Waals surface area contributed by atoms with Crippen molar-refractivity contribution in [3.8, 4) is 0 Å². The van der Waals surface area contributed by atoms with Crippen LogP contribution in [0.2, 0.25) is 0 Å². The van der Waals surface area contributed by atoms with E-state index in [1.807, 2.05) is 17.5 Å². The first kappa shape index (κ1) is 18.3. The van der Waals surface area contributed by atoms with Crippen molar-refractivity contribution in [1.29, 1.82) is 0 Å². The maximum absolute atomic E-state index is 13.2. The number of likely N-dealkylation sites (tertiary alicyclic amines) is 1. The van der Waals surface area contributed by atoms with Crippen molar-refractivity contribution in [3.05, 3.63) is 58.3 Å². The fourth-order valence-electron chi connectivity index (χ4n) is 5.40. The van der Waals surface area contributed by atoms with Gasteiger partial charge in [-0.1, -0.05) is 49.2 Å². The second-order valence-corrected chi connectivity index (χ2v) is 9.68. The average molecular weight is 397 g/mol. The standard InChI is InChI=1S/C23H28N2O2S/c26-22(23(27,17-9-4-5-10-17)20-11-6-12-28-20)24-21-18-14-25(15-19(18)21)13-16-7-2-1-3-8-16/h1-3,6-8,11-12,17-19,21,27H,4-5,9-10,13-15H2,(H,24,26). The molecule has 2 saturated carbocycles. The first-order valence-electron chi connectivity index (χ1n) is 10.5. The highest BCUT2D eigenvalue weighted by Gasteiger charge is 2.58. The van der Waals surface area contributed by atoms with Gasteiger partial charge in [-0.3, -0.25) is 9.69 Å². The molecule has 1 amide bonds. The molecule has 3 fully saturated rings. The van der Waals surface area contributed by atoms with Crippen LogP contribution in [-0.2, 0) is 16.9 Å². The van der Waals surface area contributed by atoms with Crippen molar-refractivity contribution >= 4 is 17.2 Å². The fraction of sp³-hybridized carbons (Fsp3) is 0.522. The summed E-state index contributed by atoms with van der Waals surface area (Å²) in [6, 6.07) is 14.6. The predicted molar refractivity (Wildman–Crippen MR) is 111 cm³/mol. The summed E-state index contributed by atoms with van der Waals surface area (Å²) in [5.41, 5.74) is -0.0108. The van der Waals surface area contributed by atoms with Crippen LogP contribution in [0, 0.1) is 17.8 Å². The van der Waals surface area contributed by atoms with E-state index in [-0.39, 0.29) is 17.9 Å². The molecule has 3 unspecified atom stereocenters. The third kappa shape index (κ3) is 3.19. The number of nitrogens with one attached hydrogen (secondary N) is 1. The molecule has 4 nitrogen and oxygen atoms in total. The summed E-state index contributed by atoms with van der Waals surface area (Å²) < 4.78 is 0. The second-order valence-electron chi connectivity index (χ2n) is 8.73. The Morgan fingerprint density at radius 3 is 2.46 bits per heavy atom. The van der Waals surface area contributed by atoms with E-state index < -0.39 is 5.60 Å². The molecule has 5 heteroatoms. The van der Waals surface area contributed by atoms with Crippen molar-refractivity contribution in [2.45, 2.75) is 43.9 Å². The molecule has 3 aliphatic rings. The number of fused-ring (bicyclic) bond motifs is 1. The Hall–Kier alpha value is -1.69. The van der Waals surface area contributed by atoms with Crippen molar-refractivity contribution in [2.75, 3.05) is 13.1 Å². The van der Waals surface area contributed by atoms with Crippen LogP contribution in [-0.4, -0.2) is 35.0 Å². The number of hydrogen-bond acceptors (Lipinski definition) is 4. The molecule has 28 heavy (non-hydrogen) atoms. The fourth-order valence-corrected chi connectivity index (χ4v) is 6.30. The number of aliphatic hydroxyl groups is 1. The largest absolute Gasteiger partial charge is 0.374 e. The molecule has 1 aromatic carbocycles. The molecule has 3 atom stereocenters. The van der Waals surface area contributed by atoms with E-state index in [1.165, 1.54) is 16.9 Å². The number of carbonyl (C=O) groups is 1. The molecule has 2 N–H and O–H groups in total. The summed E-state index contributed by atoms with van der Waals surface area (Å²) in [4.78, 5) is 16.5. The van der Waals surface area contributed by atoms with Gasteiger partial charge < -0.3 is 10.4 Å². The summed E-state index contributed by atoms with van der Waals surface area (Å²) in [5.74, 6) is 0.933. The maximum Gasteiger partial charge on any atom is 0.257 e. The molecular weight excluding hydrogens is 368 g/mol. The van der Waals surface area contributed by atoms with Gasteiger partial charge in [0.1, 0.15) is 0 Å². The summed E-state index contributed by atoms with van der Waals surface area (Å²) in [6.07, 6.45) is 4.08. The molecule has 0 spiro atoms. The summed E-state index contributed by atoms with van der Waals surface area (Å²) in [5, 5.41) is 16.7. The second kappa shape index (κ2) is 7.29. The van der Waals surface area contributed by atoms with Crippen LogP contribution in [0.25, 0.3) is 0 Å². The molecule has 1 saturated heterocycles. The van der Waals surface area contributed by atoms with E-state index in [1.54, 1.807) is 0 Å². The summed E-state index contributed by atoms with van der Waals surface area (Å²) in [7, 11) is 0. The first-order chi connectivity index (χ1) is 13.7. The predicted octanol–water partition coefficient (Wildman–Crippen LogP) is 3.37. The Labute approximate surface area is 170 Å². The molecule has 5 rings (SSSR count). The number of nitrogens with zero attached hydrogens (tertiary/aromatic N) is 1. The van der Waals surface area contributed by atoms with Crippen molar-refractivity contribution in [3.63, 3.8) is 0 Å². The average Bonchev–Trinajstić information content (AvgIpc) is 3.28. The van der Waals surface area contributed by atoms with Crippen LogP contribution in [0.4, 0.5) is 0 Å². The van der Waals surface area contributed by atoms with E-state index in [0.29, 0.717) is 11.8 Å². The lowest BCUT2D eigenvalue weighted by Gasteiger charge is -2.32. The quantitative estimate of drug-likeness (QED) is 0.787. The molecule has 2 heterocycles. The number of carbonyl (C=O) groups excluding carboxylic acids is 1. The van der Waals surface area contributed by atoms with E-state index in [2.05, 4.69) is 40.5 Å². The van der Waals surface area contributed by atoms with Crippen molar-refractivity contribution in [2.24, 2.45) is 17.8 Å². The lowest BCUT2D eigenvalue weighted by Crippen LogP contribution is -2.50. The Balaban J connectivity index is 1.22.